The van der Waals surface area contributed by atoms with Crippen LogP contribution in [0, 0.1) is 17.3 Å². The summed E-state index contributed by atoms with van der Waals surface area (Å²) in [6.07, 6.45) is 1.61. The van der Waals surface area contributed by atoms with E-state index in [1.807, 2.05) is 55.4 Å². The Morgan fingerprint density at radius 3 is 1.44 bits per heavy atom. The van der Waals surface area contributed by atoms with E-state index in [2.05, 4.69) is 0 Å². The Labute approximate surface area is 218 Å². The number of Topliss-reactive ketones (excluding diaryl/α,β-unsaturated/α-hetero) is 3. The number of amides is 1. The minimum absolute atomic E-state index is 0.0735. The molecule has 0 aliphatic heterocycles. The van der Waals surface area contributed by atoms with Gasteiger partial charge in [0.25, 0.3) is 0 Å². The van der Waals surface area contributed by atoms with Gasteiger partial charge in [-0.05, 0) is 5.41 Å². The van der Waals surface area contributed by atoms with Gasteiger partial charge in [-0.2, -0.15) is 0 Å². The molecule has 8 nitrogen and oxygen atoms in total. The summed E-state index contributed by atoms with van der Waals surface area (Å²) in [6.45, 7) is 16.2. The molecule has 36 heavy (non-hydrogen) atoms. The van der Waals surface area contributed by atoms with Crippen LogP contribution in [0.2, 0.25) is 0 Å². The predicted octanol–water partition coefficient (Wildman–Crippen LogP) is 4.27. The first-order valence-corrected chi connectivity index (χ1v) is 13.2. The minimum atomic E-state index is -0.973. The lowest BCUT2D eigenvalue weighted by molar-refractivity contribution is -0.152. The largest absolute Gasteiger partial charge is 0.378 e. The lowest BCUT2D eigenvalue weighted by Crippen LogP contribution is -2.59. The van der Waals surface area contributed by atoms with Crippen molar-refractivity contribution in [3.05, 3.63) is 0 Å². The molecule has 0 aromatic heterocycles. The molecule has 0 radical (unpaired) electrons. The Bertz CT molecular complexity index is 667. The van der Waals surface area contributed by atoms with Crippen molar-refractivity contribution < 1.29 is 33.4 Å². The molecule has 0 saturated heterocycles. The number of likely N-dealkylation sites (N-methyl/N-ethyl adjacent to an activating group) is 1. The van der Waals surface area contributed by atoms with Crippen molar-refractivity contribution in [2.75, 3.05) is 46.7 Å². The van der Waals surface area contributed by atoms with Crippen molar-refractivity contribution in [1.29, 1.82) is 0 Å². The smallest absolute Gasteiger partial charge is 0.223 e. The van der Waals surface area contributed by atoms with Gasteiger partial charge in [0.05, 0.1) is 39.6 Å². The van der Waals surface area contributed by atoms with Gasteiger partial charge >= 0.3 is 0 Å². The molecule has 0 aliphatic carbocycles. The zero-order chi connectivity index (χ0) is 27.9. The van der Waals surface area contributed by atoms with Gasteiger partial charge in [-0.1, -0.05) is 55.4 Å². The van der Waals surface area contributed by atoms with E-state index in [0.717, 1.165) is 0 Å². The van der Waals surface area contributed by atoms with E-state index >= 15 is 0 Å². The van der Waals surface area contributed by atoms with Crippen molar-refractivity contribution in [2.45, 2.75) is 93.0 Å². The number of ketones is 3. The molecule has 0 atom stereocenters. The molecule has 1 amide bonds. The molecule has 0 N–H and O–H groups in total. The van der Waals surface area contributed by atoms with E-state index in [9.17, 15) is 19.2 Å². The molecule has 210 valence electrons. The van der Waals surface area contributed by atoms with Crippen LogP contribution in [0.15, 0.2) is 0 Å². The van der Waals surface area contributed by atoms with E-state index < -0.39 is 5.54 Å². The van der Waals surface area contributed by atoms with Crippen LogP contribution in [0.25, 0.3) is 0 Å². The average Bonchev–Trinajstić information content (AvgIpc) is 2.79. The van der Waals surface area contributed by atoms with Crippen LogP contribution in [0.3, 0.4) is 0 Å². The van der Waals surface area contributed by atoms with Gasteiger partial charge < -0.3 is 19.1 Å². The van der Waals surface area contributed by atoms with Gasteiger partial charge in [0, 0.05) is 51.0 Å². The average molecular weight is 514 g/mol. The van der Waals surface area contributed by atoms with Crippen LogP contribution < -0.4 is 0 Å². The minimum Gasteiger partial charge on any atom is -0.378 e. The Morgan fingerprint density at radius 2 is 1.11 bits per heavy atom. The monoisotopic (exact) mass is 513 g/mol. The highest BCUT2D eigenvalue weighted by molar-refractivity contribution is 5.80. The lowest BCUT2D eigenvalue weighted by atomic mass is 9.90. The number of carbonyl (C=O) groups excluding carboxylic acids is 4. The predicted molar refractivity (Wildman–Crippen MR) is 141 cm³/mol. The Balaban J connectivity index is 5.66. The topological polar surface area (TPSA) is 99.2 Å². The molecular weight excluding hydrogens is 462 g/mol. The molecule has 0 spiro atoms. The van der Waals surface area contributed by atoms with Crippen LogP contribution in [-0.2, 0) is 33.4 Å². The summed E-state index contributed by atoms with van der Waals surface area (Å²) >= 11 is 0. The van der Waals surface area contributed by atoms with Crippen molar-refractivity contribution in [2.24, 2.45) is 17.3 Å². The van der Waals surface area contributed by atoms with E-state index in [-0.39, 0.29) is 93.0 Å². The SMILES string of the molecule is CCC(=O)CCOCC(COCCC(=O)C(C)C)(COCCC(=O)C(C)C)N(C)C(=O)CC(C)(C)C. The second kappa shape index (κ2) is 17.0. The lowest BCUT2D eigenvalue weighted by Gasteiger charge is -2.42. The maximum Gasteiger partial charge on any atom is 0.223 e. The Kier molecular flexibility index (Phi) is 16.2. The van der Waals surface area contributed by atoms with E-state index in [0.29, 0.717) is 19.3 Å². The summed E-state index contributed by atoms with van der Waals surface area (Å²) in [5, 5.41) is 0. The molecule has 0 heterocycles. The normalized spacial score (nSPS) is 12.3. The summed E-state index contributed by atoms with van der Waals surface area (Å²) in [5.41, 5.74) is -1.19. The number of nitrogens with zero attached hydrogens (tertiary/aromatic N) is 1. The summed E-state index contributed by atoms with van der Waals surface area (Å²) in [4.78, 5) is 50.7. The maximum atomic E-state index is 13.2. The van der Waals surface area contributed by atoms with Gasteiger partial charge in [0.1, 0.15) is 22.9 Å². The molecule has 0 aromatic carbocycles. The fourth-order valence-electron chi connectivity index (χ4n) is 3.32. The number of ether oxygens (including phenoxy) is 3. The highest BCUT2D eigenvalue weighted by Crippen LogP contribution is 2.25. The van der Waals surface area contributed by atoms with Crippen molar-refractivity contribution in [3.8, 4) is 0 Å². The molecular formula is C28H51NO7. The summed E-state index contributed by atoms with van der Waals surface area (Å²) in [5.74, 6) is 0.0847. The Morgan fingerprint density at radius 1 is 0.722 bits per heavy atom. The Hall–Kier alpha value is -1.64. The van der Waals surface area contributed by atoms with Crippen molar-refractivity contribution in [1.82, 2.24) is 4.90 Å². The third-order valence-corrected chi connectivity index (χ3v) is 6.07. The van der Waals surface area contributed by atoms with Crippen LogP contribution in [0.5, 0.6) is 0 Å². The van der Waals surface area contributed by atoms with Gasteiger partial charge in [-0.15, -0.1) is 0 Å². The first-order chi connectivity index (χ1) is 16.6. The van der Waals surface area contributed by atoms with Gasteiger partial charge in [0.2, 0.25) is 5.91 Å². The number of rotatable bonds is 20. The molecule has 0 fully saturated rings. The summed E-state index contributed by atoms with van der Waals surface area (Å²) in [6, 6.07) is 0. The molecule has 0 rings (SSSR count). The van der Waals surface area contributed by atoms with E-state index in [1.165, 1.54) is 0 Å². The van der Waals surface area contributed by atoms with Crippen LogP contribution >= 0.6 is 0 Å². The number of carbonyl (C=O) groups is 4. The molecule has 0 saturated carbocycles. The number of hydrogen-bond donors (Lipinski definition) is 0. The zero-order valence-corrected chi connectivity index (χ0v) is 24.2. The second-order valence-electron chi connectivity index (χ2n) is 11.5. The third-order valence-electron chi connectivity index (χ3n) is 6.07. The fourth-order valence-corrected chi connectivity index (χ4v) is 3.32. The van der Waals surface area contributed by atoms with Crippen LogP contribution in [0.4, 0.5) is 0 Å². The molecule has 8 heteroatoms. The highest BCUT2D eigenvalue weighted by atomic mass is 16.5. The fraction of sp³-hybridized carbons (Fsp3) is 0.857. The van der Waals surface area contributed by atoms with Gasteiger partial charge in [-0.25, -0.2) is 0 Å². The van der Waals surface area contributed by atoms with Crippen molar-refractivity contribution >= 4 is 23.3 Å². The van der Waals surface area contributed by atoms with Gasteiger partial charge in [0.15, 0.2) is 0 Å². The van der Waals surface area contributed by atoms with Crippen LogP contribution in [0.1, 0.15) is 87.5 Å². The van der Waals surface area contributed by atoms with E-state index in [1.54, 1.807) is 11.9 Å². The quantitative estimate of drug-likeness (QED) is 0.224. The summed E-state index contributed by atoms with van der Waals surface area (Å²) in [7, 11) is 1.71. The second-order valence-corrected chi connectivity index (χ2v) is 11.5. The first-order valence-electron chi connectivity index (χ1n) is 13.2. The maximum absolute atomic E-state index is 13.2. The van der Waals surface area contributed by atoms with Crippen molar-refractivity contribution in [3.63, 3.8) is 0 Å². The summed E-state index contributed by atoms with van der Waals surface area (Å²) < 4.78 is 17.8. The number of hydrogen-bond acceptors (Lipinski definition) is 7. The molecule has 0 aromatic rings. The molecule has 0 aliphatic rings. The van der Waals surface area contributed by atoms with Crippen LogP contribution in [-0.4, -0.2) is 80.4 Å². The molecule has 0 unspecified atom stereocenters. The standard InChI is InChI=1S/C28H51NO7/c1-10-23(30)11-14-34-18-28(19-35-15-12-24(31)21(2)3,20-36-16-13-25(32)22(4)5)29(9)26(33)17-27(6,7)8/h21-22H,10-20H2,1-9H3. The van der Waals surface area contributed by atoms with E-state index in [4.69, 9.17) is 14.2 Å². The first kappa shape index (κ1) is 34.4. The zero-order valence-electron chi connectivity index (χ0n) is 24.2. The highest BCUT2D eigenvalue weighted by Gasteiger charge is 2.40. The third kappa shape index (κ3) is 14.2. The van der Waals surface area contributed by atoms with Gasteiger partial charge in [-0.3, -0.25) is 19.2 Å². The molecule has 0 bridgehead atoms.